The van der Waals surface area contributed by atoms with Gasteiger partial charge in [-0.2, -0.15) is 0 Å². The molecule has 3 rings (SSSR count). The molecule has 0 aromatic heterocycles. The van der Waals surface area contributed by atoms with Gasteiger partial charge in [0.2, 0.25) is 0 Å². The summed E-state index contributed by atoms with van der Waals surface area (Å²) in [4.78, 5) is 49.7. The average molecular weight is 433 g/mol. The zero-order chi connectivity index (χ0) is 21.1. The fraction of sp³-hybridized carbons (Fsp3) is 0.100. The maximum absolute atomic E-state index is 12.3. The minimum absolute atomic E-state index is 0.0453. The van der Waals surface area contributed by atoms with E-state index < -0.39 is 30.3 Å². The Hall–Kier alpha value is -3.16. The predicted octanol–water partition coefficient (Wildman–Crippen LogP) is 3.57. The summed E-state index contributed by atoms with van der Waals surface area (Å²) in [5.41, 5.74) is 0.699. The molecule has 0 unspecified atom stereocenters. The Morgan fingerprint density at radius 1 is 1.03 bits per heavy atom. The van der Waals surface area contributed by atoms with E-state index in [1.54, 1.807) is 0 Å². The van der Waals surface area contributed by atoms with Crippen LogP contribution in [-0.2, 0) is 9.53 Å². The molecule has 3 amide bonds. The van der Waals surface area contributed by atoms with Crippen molar-refractivity contribution in [1.82, 2.24) is 4.90 Å². The van der Waals surface area contributed by atoms with Crippen LogP contribution >= 0.6 is 23.2 Å². The molecule has 0 saturated carbocycles. The summed E-state index contributed by atoms with van der Waals surface area (Å²) in [6.07, 6.45) is 1.43. The van der Waals surface area contributed by atoms with Crippen molar-refractivity contribution in [1.29, 1.82) is 0 Å². The molecule has 2 aromatic rings. The van der Waals surface area contributed by atoms with E-state index >= 15 is 0 Å². The van der Waals surface area contributed by atoms with Crippen LogP contribution in [0.1, 0.15) is 31.1 Å². The number of anilines is 1. The Labute approximate surface area is 175 Å². The second-order valence-electron chi connectivity index (χ2n) is 6.05. The first-order valence-corrected chi connectivity index (χ1v) is 9.10. The molecule has 0 aliphatic carbocycles. The highest BCUT2D eigenvalue weighted by Gasteiger charge is 2.35. The number of ether oxygens (including phenoxy) is 1. The molecule has 9 heteroatoms. The lowest BCUT2D eigenvalue weighted by Crippen LogP contribution is -2.29. The molecule has 0 fully saturated rings. The van der Waals surface area contributed by atoms with Gasteiger partial charge in [-0.1, -0.05) is 29.3 Å². The van der Waals surface area contributed by atoms with Crippen molar-refractivity contribution in [2.75, 3.05) is 18.5 Å². The zero-order valence-corrected chi connectivity index (χ0v) is 16.4. The van der Waals surface area contributed by atoms with Crippen LogP contribution in [0.2, 0.25) is 10.0 Å². The van der Waals surface area contributed by atoms with Gasteiger partial charge in [-0.15, -0.1) is 6.58 Å². The molecule has 0 bridgehead atoms. The normalized spacial score (nSPS) is 12.6. The predicted molar refractivity (Wildman–Crippen MR) is 107 cm³/mol. The fourth-order valence-electron chi connectivity index (χ4n) is 2.75. The molecule has 29 heavy (non-hydrogen) atoms. The lowest BCUT2D eigenvalue weighted by molar-refractivity contribution is -0.119. The Morgan fingerprint density at radius 2 is 1.69 bits per heavy atom. The Balaban J connectivity index is 1.65. The zero-order valence-electron chi connectivity index (χ0n) is 14.9. The van der Waals surface area contributed by atoms with Crippen LogP contribution in [0.4, 0.5) is 5.69 Å². The van der Waals surface area contributed by atoms with E-state index in [1.165, 1.54) is 42.5 Å². The summed E-state index contributed by atoms with van der Waals surface area (Å²) >= 11 is 11.7. The number of carbonyl (C=O) groups excluding carboxylic acids is 4. The topological polar surface area (TPSA) is 92.8 Å². The molecule has 2 aromatic carbocycles. The van der Waals surface area contributed by atoms with Crippen LogP contribution in [-0.4, -0.2) is 41.7 Å². The van der Waals surface area contributed by atoms with Crippen molar-refractivity contribution in [2.45, 2.75) is 0 Å². The van der Waals surface area contributed by atoms with Crippen LogP contribution in [0, 0.1) is 0 Å². The number of hydrogen-bond acceptors (Lipinski definition) is 5. The molecule has 7 nitrogen and oxygen atoms in total. The van der Waals surface area contributed by atoms with E-state index in [1.807, 2.05) is 0 Å². The Bertz CT molecular complexity index is 1030. The van der Waals surface area contributed by atoms with Gasteiger partial charge in [0.25, 0.3) is 17.7 Å². The highest BCUT2D eigenvalue weighted by molar-refractivity contribution is 6.35. The molecular weight excluding hydrogens is 419 g/mol. The monoisotopic (exact) mass is 432 g/mol. The third kappa shape index (κ3) is 4.47. The lowest BCUT2D eigenvalue weighted by Gasteiger charge is -2.09. The van der Waals surface area contributed by atoms with Crippen LogP contribution < -0.4 is 5.32 Å². The average Bonchev–Trinajstić information content (AvgIpc) is 2.90. The van der Waals surface area contributed by atoms with Crippen molar-refractivity contribution in [3.05, 3.63) is 75.8 Å². The van der Waals surface area contributed by atoms with Crippen LogP contribution in [0.25, 0.3) is 0 Å². The van der Waals surface area contributed by atoms with E-state index in [-0.39, 0.29) is 23.2 Å². The highest BCUT2D eigenvalue weighted by atomic mass is 35.5. The maximum Gasteiger partial charge on any atom is 0.338 e. The maximum atomic E-state index is 12.3. The number of imide groups is 1. The highest BCUT2D eigenvalue weighted by Crippen LogP contribution is 2.25. The van der Waals surface area contributed by atoms with Gasteiger partial charge in [-0.05, 0) is 36.4 Å². The van der Waals surface area contributed by atoms with E-state index in [4.69, 9.17) is 27.9 Å². The largest absolute Gasteiger partial charge is 0.452 e. The smallest absolute Gasteiger partial charge is 0.338 e. The Morgan fingerprint density at radius 3 is 2.34 bits per heavy atom. The molecule has 0 atom stereocenters. The number of fused-ring (bicyclic) bond motifs is 1. The van der Waals surface area contributed by atoms with Crippen LogP contribution in [0.3, 0.4) is 0 Å². The molecular formula is C20H14Cl2N2O5. The van der Waals surface area contributed by atoms with Crippen molar-refractivity contribution >= 4 is 52.6 Å². The van der Waals surface area contributed by atoms with E-state index in [0.29, 0.717) is 15.7 Å². The molecule has 1 aliphatic heterocycles. The summed E-state index contributed by atoms with van der Waals surface area (Å²) in [6, 6.07) is 8.50. The summed E-state index contributed by atoms with van der Waals surface area (Å²) < 4.78 is 4.98. The quantitative estimate of drug-likeness (QED) is 0.427. The van der Waals surface area contributed by atoms with Gasteiger partial charge >= 0.3 is 5.97 Å². The molecule has 1 N–H and O–H groups in total. The molecule has 0 saturated heterocycles. The number of esters is 1. The van der Waals surface area contributed by atoms with E-state index in [2.05, 4.69) is 11.9 Å². The summed E-state index contributed by atoms with van der Waals surface area (Å²) in [5, 5.41) is 3.19. The van der Waals surface area contributed by atoms with Gasteiger partial charge in [0, 0.05) is 22.3 Å². The number of carbonyl (C=O) groups is 4. The first kappa shape index (κ1) is 20.6. The van der Waals surface area contributed by atoms with Crippen molar-refractivity contribution < 1.29 is 23.9 Å². The SMILES string of the molecule is C=CCN1C(=O)c2ccc(C(=O)OCC(=O)Nc3cc(Cl)cc(Cl)c3)cc2C1=O. The third-order valence-corrected chi connectivity index (χ3v) is 4.44. The molecule has 1 heterocycles. The molecule has 148 valence electrons. The minimum Gasteiger partial charge on any atom is -0.452 e. The van der Waals surface area contributed by atoms with E-state index in [0.717, 1.165) is 4.90 Å². The number of halogens is 2. The fourth-order valence-corrected chi connectivity index (χ4v) is 3.28. The molecule has 0 spiro atoms. The van der Waals surface area contributed by atoms with Gasteiger partial charge in [0.15, 0.2) is 6.61 Å². The van der Waals surface area contributed by atoms with E-state index in [9.17, 15) is 19.2 Å². The van der Waals surface area contributed by atoms with Gasteiger partial charge in [-0.3, -0.25) is 19.3 Å². The number of benzene rings is 2. The minimum atomic E-state index is -0.811. The second kappa shape index (κ2) is 8.46. The second-order valence-corrected chi connectivity index (χ2v) is 6.93. The van der Waals surface area contributed by atoms with Gasteiger partial charge in [0.1, 0.15) is 0 Å². The summed E-state index contributed by atoms with van der Waals surface area (Å²) in [7, 11) is 0. The summed E-state index contributed by atoms with van der Waals surface area (Å²) in [6.45, 7) is 3.02. The number of rotatable bonds is 6. The van der Waals surface area contributed by atoms with Crippen LogP contribution in [0.15, 0.2) is 49.1 Å². The first-order chi connectivity index (χ1) is 13.8. The lowest BCUT2D eigenvalue weighted by atomic mass is 10.1. The Kier molecular flexibility index (Phi) is 6.00. The number of amides is 3. The van der Waals surface area contributed by atoms with Crippen molar-refractivity contribution in [2.24, 2.45) is 0 Å². The molecule has 1 aliphatic rings. The number of nitrogens with zero attached hydrogens (tertiary/aromatic N) is 1. The first-order valence-electron chi connectivity index (χ1n) is 8.34. The van der Waals surface area contributed by atoms with Crippen LogP contribution in [0.5, 0.6) is 0 Å². The van der Waals surface area contributed by atoms with Gasteiger partial charge < -0.3 is 10.1 Å². The van der Waals surface area contributed by atoms with Gasteiger partial charge in [0.05, 0.1) is 16.7 Å². The third-order valence-electron chi connectivity index (χ3n) is 4.00. The van der Waals surface area contributed by atoms with Gasteiger partial charge in [-0.25, -0.2) is 4.79 Å². The number of hydrogen-bond donors (Lipinski definition) is 1. The van der Waals surface area contributed by atoms with Crippen molar-refractivity contribution in [3.8, 4) is 0 Å². The standard InChI is InChI=1S/C20H14Cl2N2O5/c1-2-5-24-18(26)15-4-3-11(6-16(15)19(24)27)20(28)29-10-17(25)23-14-8-12(21)7-13(22)9-14/h2-4,6-9H,1,5,10H2,(H,23,25). The summed E-state index contributed by atoms with van der Waals surface area (Å²) in [5.74, 6) is -2.38. The number of nitrogens with one attached hydrogen (secondary N) is 1. The molecule has 0 radical (unpaired) electrons. The van der Waals surface area contributed by atoms with Crippen molar-refractivity contribution in [3.63, 3.8) is 0 Å².